The fourth-order valence-electron chi connectivity index (χ4n) is 2.25. The maximum Gasteiger partial charge on any atom is -0.00521 e. The number of fused-ring (bicyclic) bond motifs is 1. The van der Waals surface area contributed by atoms with E-state index in [0.29, 0.717) is 0 Å². The molecule has 0 radical (unpaired) electrons. The van der Waals surface area contributed by atoms with Crippen LogP contribution in [0.15, 0.2) is 58.7 Å². The molecule has 0 atom stereocenters. The van der Waals surface area contributed by atoms with E-state index >= 15 is 0 Å². The van der Waals surface area contributed by atoms with Gasteiger partial charge >= 0.3 is 0 Å². The normalized spacial score (nSPS) is 24.0. The van der Waals surface area contributed by atoms with E-state index in [9.17, 15) is 0 Å². The van der Waals surface area contributed by atoms with Gasteiger partial charge in [-0.1, -0.05) is 42.0 Å². The molecule has 0 amide bonds. The first-order chi connectivity index (χ1) is 6.43. The molecule has 3 aliphatic carbocycles. The van der Waals surface area contributed by atoms with Crippen LogP contribution >= 0.6 is 0 Å². The van der Waals surface area contributed by atoms with E-state index in [1.807, 2.05) is 0 Å². The van der Waals surface area contributed by atoms with Crippen LogP contribution in [0.1, 0.15) is 19.3 Å². The number of hydrogen-bond donors (Lipinski definition) is 0. The van der Waals surface area contributed by atoms with Gasteiger partial charge in [0.25, 0.3) is 0 Å². The molecule has 0 aromatic heterocycles. The van der Waals surface area contributed by atoms with Gasteiger partial charge in [0.2, 0.25) is 0 Å². The Morgan fingerprint density at radius 2 is 2.00 bits per heavy atom. The summed E-state index contributed by atoms with van der Waals surface area (Å²) in [5.74, 6) is 0. The van der Waals surface area contributed by atoms with Crippen molar-refractivity contribution in [1.82, 2.24) is 0 Å². The summed E-state index contributed by atoms with van der Waals surface area (Å²) in [7, 11) is 0. The van der Waals surface area contributed by atoms with E-state index in [0.717, 1.165) is 12.8 Å². The summed E-state index contributed by atoms with van der Waals surface area (Å²) in [6, 6.07) is 0. The molecule has 0 spiro atoms. The van der Waals surface area contributed by atoms with Crippen LogP contribution in [0.5, 0.6) is 0 Å². The van der Waals surface area contributed by atoms with Crippen LogP contribution in [0.2, 0.25) is 0 Å². The zero-order chi connectivity index (χ0) is 8.67. The molecule has 0 heterocycles. The summed E-state index contributed by atoms with van der Waals surface area (Å²) >= 11 is 0. The van der Waals surface area contributed by atoms with Gasteiger partial charge in [-0.05, 0) is 36.0 Å². The zero-order valence-corrected chi connectivity index (χ0v) is 7.59. The molecule has 0 bridgehead atoms. The maximum absolute atomic E-state index is 2.36. The summed E-state index contributed by atoms with van der Waals surface area (Å²) < 4.78 is 0. The molecule has 0 saturated carbocycles. The highest BCUT2D eigenvalue weighted by molar-refractivity contribution is 5.58. The van der Waals surface area contributed by atoms with E-state index in [1.165, 1.54) is 17.6 Å². The third kappa shape index (κ3) is 1.06. The van der Waals surface area contributed by atoms with Crippen LogP contribution in [-0.2, 0) is 0 Å². The van der Waals surface area contributed by atoms with Gasteiger partial charge in [0, 0.05) is 0 Å². The lowest BCUT2D eigenvalue weighted by molar-refractivity contribution is 0.963. The average molecular weight is 168 g/mol. The number of allylic oxidation sites excluding steroid dienone is 10. The van der Waals surface area contributed by atoms with Gasteiger partial charge < -0.3 is 0 Å². The first-order valence-corrected chi connectivity index (χ1v) is 4.89. The molecule has 0 N–H and O–H groups in total. The first kappa shape index (κ1) is 7.14. The van der Waals surface area contributed by atoms with Crippen LogP contribution in [0, 0.1) is 0 Å². The van der Waals surface area contributed by atoms with Crippen LogP contribution in [0.3, 0.4) is 0 Å². The highest BCUT2D eigenvalue weighted by Crippen LogP contribution is 2.36. The lowest BCUT2D eigenvalue weighted by Gasteiger charge is -2.21. The molecule has 64 valence electrons. The van der Waals surface area contributed by atoms with E-state index < -0.39 is 0 Å². The van der Waals surface area contributed by atoms with E-state index in [2.05, 4.69) is 36.5 Å². The maximum atomic E-state index is 2.36. The predicted octanol–water partition coefficient (Wildman–Crippen LogP) is 3.46. The molecular formula is C13H12. The zero-order valence-electron chi connectivity index (χ0n) is 7.59. The van der Waals surface area contributed by atoms with Crippen LogP contribution in [0.4, 0.5) is 0 Å². The van der Waals surface area contributed by atoms with Crippen molar-refractivity contribution in [1.29, 1.82) is 0 Å². The van der Waals surface area contributed by atoms with Gasteiger partial charge in [0.1, 0.15) is 0 Å². The fourth-order valence-corrected chi connectivity index (χ4v) is 2.25. The fraction of sp³-hybridized carbons (Fsp3) is 0.231. The van der Waals surface area contributed by atoms with E-state index in [-0.39, 0.29) is 0 Å². The quantitative estimate of drug-likeness (QED) is 0.486. The highest BCUT2D eigenvalue weighted by Gasteiger charge is 2.17. The minimum absolute atomic E-state index is 1.14. The Hall–Kier alpha value is -1.30. The van der Waals surface area contributed by atoms with Crippen molar-refractivity contribution in [2.75, 3.05) is 0 Å². The number of rotatable bonds is 0. The van der Waals surface area contributed by atoms with Crippen LogP contribution in [-0.4, -0.2) is 0 Å². The smallest absolute Gasteiger partial charge is 0.00521 e. The van der Waals surface area contributed by atoms with Crippen molar-refractivity contribution in [3.8, 4) is 0 Å². The monoisotopic (exact) mass is 168 g/mol. The Labute approximate surface area is 78.7 Å². The van der Waals surface area contributed by atoms with Gasteiger partial charge in [-0.15, -0.1) is 0 Å². The summed E-state index contributed by atoms with van der Waals surface area (Å²) in [4.78, 5) is 0. The molecule has 0 heteroatoms. The Morgan fingerprint density at radius 1 is 1.08 bits per heavy atom. The summed E-state index contributed by atoms with van der Waals surface area (Å²) in [5, 5.41) is 0. The van der Waals surface area contributed by atoms with Crippen molar-refractivity contribution in [2.24, 2.45) is 0 Å². The van der Waals surface area contributed by atoms with E-state index in [4.69, 9.17) is 0 Å². The third-order valence-corrected chi connectivity index (χ3v) is 3.00. The molecule has 13 heavy (non-hydrogen) atoms. The SMILES string of the molecule is C1=CC2=CC3=C(CC=CC3)CC2=C1. The lowest BCUT2D eigenvalue weighted by Crippen LogP contribution is -2.02. The van der Waals surface area contributed by atoms with Crippen molar-refractivity contribution in [2.45, 2.75) is 19.3 Å². The predicted molar refractivity (Wildman–Crippen MR) is 55.3 cm³/mol. The van der Waals surface area contributed by atoms with Gasteiger partial charge in [0.15, 0.2) is 0 Å². The molecule has 0 aliphatic heterocycles. The second kappa shape index (κ2) is 2.59. The molecule has 0 nitrogen and oxygen atoms in total. The summed E-state index contributed by atoms with van der Waals surface area (Å²) in [6.45, 7) is 0. The second-order valence-electron chi connectivity index (χ2n) is 3.84. The van der Waals surface area contributed by atoms with Crippen LogP contribution < -0.4 is 0 Å². The molecule has 3 aliphatic rings. The third-order valence-electron chi connectivity index (χ3n) is 3.00. The molecule has 3 rings (SSSR count). The largest absolute Gasteiger partial charge is 0.0841 e. The van der Waals surface area contributed by atoms with Crippen molar-refractivity contribution < 1.29 is 0 Å². The molecule has 0 aromatic rings. The average Bonchev–Trinajstić information content (AvgIpc) is 2.61. The van der Waals surface area contributed by atoms with Crippen molar-refractivity contribution >= 4 is 0 Å². The minimum atomic E-state index is 1.14. The molecule has 0 saturated heterocycles. The minimum Gasteiger partial charge on any atom is -0.0841 e. The van der Waals surface area contributed by atoms with E-state index in [1.54, 1.807) is 11.1 Å². The molecule has 0 unspecified atom stereocenters. The molecule has 0 aromatic carbocycles. The Morgan fingerprint density at radius 3 is 3.00 bits per heavy atom. The Bertz CT molecular complexity index is 398. The van der Waals surface area contributed by atoms with Gasteiger partial charge in [-0.3, -0.25) is 0 Å². The lowest BCUT2D eigenvalue weighted by atomic mass is 9.84. The van der Waals surface area contributed by atoms with Crippen LogP contribution in [0.25, 0.3) is 0 Å². The standard InChI is InChI=1S/C13H12/c1-2-5-11-9-13-7-3-6-12(13)8-10(11)4-1/h1-3,6-8H,4-5,9H2. The second-order valence-corrected chi connectivity index (χ2v) is 3.84. The molecular weight excluding hydrogens is 156 g/mol. The summed E-state index contributed by atoms with van der Waals surface area (Å²) in [5.41, 5.74) is 6.13. The van der Waals surface area contributed by atoms with Gasteiger partial charge in [-0.25, -0.2) is 0 Å². The Kier molecular flexibility index (Phi) is 1.42. The summed E-state index contributed by atoms with van der Waals surface area (Å²) in [6.07, 6.45) is 17.0. The van der Waals surface area contributed by atoms with Crippen molar-refractivity contribution in [3.63, 3.8) is 0 Å². The number of hydrogen-bond acceptors (Lipinski definition) is 0. The van der Waals surface area contributed by atoms with Crippen molar-refractivity contribution in [3.05, 3.63) is 58.7 Å². The Balaban J connectivity index is 2.04. The topological polar surface area (TPSA) is 0 Å². The highest BCUT2D eigenvalue weighted by atomic mass is 14.2. The van der Waals surface area contributed by atoms with Gasteiger partial charge in [-0.2, -0.15) is 0 Å². The molecule has 0 fully saturated rings. The first-order valence-electron chi connectivity index (χ1n) is 4.89. The van der Waals surface area contributed by atoms with Gasteiger partial charge in [0.05, 0.1) is 0 Å².